The molecule has 2 heterocycles. The molecule has 0 aromatic heterocycles. The molecule has 0 fully saturated rings. The van der Waals surface area contributed by atoms with Crippen molar-refractivity contribution in [2.24, 2.45) is 5.10 Å². The van der Waals surface area contributed by atoms with Crippen LogP contribution >= 0.6 is 23.5 Å². The molecule has 0 aliphatic carbocycles. The number of esters is 2. The molecule has 1 atom stereocenters. The fraction of sp³-hybridized carbons (Fsp3) is 0.261. The van der Waals surface area contributed by atoms with Crippen LogP contribution in [-0.4, -0.2) is 34.5 Å². The van der Waals surface area contributed by atoms with Crippen molar-refractivity contribution in [3.63, 3.8) is 0 Å². The van der Waals surface area contributed by atoms with Crippen LogP contribution in [0.4, 0.5) is 11.4 Å². The van der Waals surface area contributed by atoms with E-state index in [0.29, 0.717) is 4.91 Å². The first-order valence-corrected chi connectivity index (χ1v) is 11.9. The smallest absolute Gasteiger partial charge is 0.365 e. The number of hydrogen-bond donors (Lipinski definition) is 0. The number of para-hydroxylation sites is 2. The van der Waals surface area contributed by atoms with Gasteiger partial charge in [0.15, 0.2) is 0 Å². The molecule has 2 aromatic carbocycles. The monoisotopic (exact) mass is 469 g/mol. The number of hydrogen-bond acceptors (Lipinski definition) is 9. The number of carbonyl (C=O) groups is 2. The normalized spacial score (nSPS) is 20.0. The number of allylic oxidation sites excluding steroid dienone is 1. The van der Waals surface area contributed by atoms with Gasteiger partial charge in [-0.3, -0.25) is 0 Å². The standard InChI is InChI=1S/C23H23N3O4S2/c1-4-29-21(27)19-16(3)25(17-12-8-6-9-13-17)23(31-19)26(18-14-10-7-11-15-18)24-20(32-23)22(28)30-5-2/h6-15H,4-5H2,1-3H3/t23-/m1/s1. The van der Waals surface area contributed by atoms with Crippen LogP contribution in [0.15, 0.2) is 76.4 Å². The highest BCUT2D eigenvalue weighted by Gasteiger charge is 2.58. The molecule has 0 amide bonds. The lowest BCUT2D eigenvalue weighted by Crippen LogP contribution is -2.49. The molecule has 9 heteroatoms. The number of rotatable bonds is 6. The number of anilines is 2. The van der Waals surface area contributed by atoms with Gasteiger partial charge in [-0.1, -0.05) is 48.2 Å². The molecule has 2 aromatic rings. The predicted molar refractivity (Wildman–Crippen MR) is 129 cm³/mol. The summed E-state index contributed by atoms with van der Waals surface area (Å²) in [6.07, 6.45) is 0. The van der Waals surface area contributed by atoms with E-state index in [4.69, 9.17) is 9.47 Å². The molecule has 0 unspecified atom stereocenters. The first kappa shape index (κ1) is 22.3. The largest absolute Gasteiger partial charge is 0.462 e. The van der Waals surface area contributed by atoms with Crippen LogP contribution in [-0.2, 0) is 19.1 Å². The number of ether oxygens (including phenoxy) is 2. The SMILES string of the molecule is CCOC(=O)C1=NN(c2ccccc2)[C@@]2(S1)SC(C(=O)OCC)=C(C)N2c1ccccc1. The quantitative estimate of drug-likeness (QED) is 0.560. The van der Waals surface area contributed by atoms with Crippen LogP contribution in [0.3, 0.4) is 0 Å². The van der Waals surface area contributed by atoms with Crippen molar-refractivity contribution in [1.29, 1.82) is 0 Å². The molecular weight excluding hydrogens is 446 g/mol. The highest BCUT2D eigenvalue weighted by Crippen LogP contribution is 2.60. The highest BCUT2D eigenvalue weighted by atomic mass is 32.2. The van der Waals surface area contributed by atoms with Gasteiger partial charge in [-0.05, 0) is 56.8 Å². The van der Waals surface area contributed by atoms with Gasteiger partial charge in [0, 0.05) is 11.4 Å². The fourth-order valence-electron chi connectivity index (χ4n) is 3.50. The second kappa shape index (κ2) is 9.30. The maximum absolute atomic E-state index is 12.8. The average molecular weight is 470 g/mol. The Bertz CT molecular complexity index is 1080. The number of thioether (sulfide) groups is 2. The Balaban J connectivity index is 1.87. The molecule has 0 saturated heterocycles. The summed E-state index contributed by atoms with van der Waals surface area (Å²) in [5.41, 5.74) is 2.38. The van der Waals surface area contributed by atoms with Crippen molar-refractivity contribution in [2.75, 3.05) is 23.1 Å². The third kappa shape index (κ3) is 3.86. The van der Waals surface area contributed by atoms with Gasteiger partial charge >= 0.3 is 11.9 Å². The molecule has 7 nitrogen and oxygen atoms in total. The minimum Gasteiger partial charge on any atom is -0.462 e. The fourth-order valence-corrected chi connectivity index (χ4v) is 6.45. The summed E-state index contributed by atoms with van der Waals surface area (Å²) >= 11 is 2.58. The second-order valence-electron chi connectivity index (χ2n) is 6.83. The zero-order chi connectivity index (χ0) is 22.7. The highest BCUT2D eigenvalue weighted by molar-refractivity contribution is 8.29. The van der Waals surface area contributed by atoms with Crippen molar-refractivity contribution < 1.29 is 19.1 Å². The summed E-state index contributed by atoms with van der Waals surface area (Å²) in [6.45, 7) is 5.94. The number of nitrogens with zero attached hydrogens (tertiary/aromatic N) is 3. The Morgan fingerprint density at radius 1 is 0.875 bits per heavy atom. The summed E-state index contributed by atoms with van der Waals surface area (Å²) < 4.78 is 9.60. The van der Waals surface area contributed by atoms with Crippen molar-refractivity contribution in [3.8, 4) is 0 Å². The lowest BCUT2D eigenvalue weighted by molar-refractivity contribution is -0.137. The summed E-state index contributed by atoms with van der Waals surface area (Å²) in [5, 5.41) is 6.66. The zero-order valence-electron chi connectivity index (χ0n) is 18.0. The van der Waals surface area contributed by atoms with Crippen LogP contribution in [0.1, 0.15) is 20.8 Å². The maximum Gasteiger partial charge on any atom is 0.365 e. The Hall–Kier alpha value is -2.91. The van der Waals surface area contributed by atoms with Crippen LogP contribution in [0.5, 0.6) is 0 Å². The van der Waals surface area contributed by atoms with E-state index in [9.17, 15) is 9.59 Å². The molecule has 4 rings (SSSR count). The average Bonchev–Trinajstić information content (AvgIpc) is 3.33. The molecule has 166 valence electrons. The summed E-state index contributed by atoms with van der Waals surface area (Å²) in [4.78, 5) is 28.0. The Kier molecular flexibility index (Phi) is 6.48. The topological polar surface area (TPSA) is 71.4 Å². The third-order valence-corrected chi connectivity index (χ3v) is 7.65. The molecule has 0 radical (unpaired) electrons. The van der Waals surface area contributed by atoms with E-state index < -0.39 is 16.3 Å². The van der Waals surface area contributed by atoms with Crippen LogP contribution < -0.4 is 9.91 Å². The van der Waals surface area contributed by atoms with Crippen molar-refractivity contribution >= 4 is 51.9 Å². The summed E-state index contributed by atoms with van der Waals surface area (Å²) in [6, 6.07) is 19.3. The van der Waals surface area contributed by atoms with E-state index >= 15 is 0 Å². The third-order valence-electron chi connectivity index (χ3n) is 4.80. The molecule has 2 aliphatic heterocycles. The molecule has 32 heavy (non-hydrogen) atoms. The van der Waals surface area contributed by atoms with Crippen LogP contribution in [0, 0.1) is 0 Å². The van der Waals surface area contributed by atoms with E-state index in [-0.39, 0.29) is 18.3 Å². The van der Waals surface area contributed by atoms with Gasteiger partial charge in [0.2, 0.25) is 9.37 Å². The molecule has 0 bridgehead atoms. The Morgan fingerprint density at radius 2 is 1.44 bits per heavy atom. The number of hydrazone groups is 1. The first-order valence-electron chi connectivity index (χ1n) is 10.2. The van der Waals surface area contributed by atoms with E-state index in [1.165, 1.54) is 23.5 Å². The van der Waals surface area contributed by atoms with Gasteiger partial charge in [0.25, 0.3) is 0 Å². The van der Waals surface area contributed by atoms with E-state index in [2.05, 4.69) is 5.10 Å². The van der Waals surface area contributed by atoms with E-state index in [0.717, 1.165) is 17.1 Å². The Morgan fingerprint density at radius 3 is 2.03 bits per heavy atom. The van der Waals surface area contributed by atoms with Gasteiger partial charge in [-0.25, -0.2) is 14.6 Å². The van der Waals surface area contributed by atoms with Gasteiger partial charge in [0.1, 0.15) is 4.91 Å². The van der Waals surface area contributed by atoms with Crippen molar-refractivity contribution in [2.45, 2.75) is 25.1 Å². The minimum atomic E-state index is -0.975. The van der Waals surface area contributed by atoms with Crippen LogP contribution in [0.25, 0.3) is 0 Å². The van der Waals surface area contributed by atoms with Crippen molar-refractivity contribution in [1.82, 2.24) is 0 Å². The lowest BCUT2D eigenvalue weighted by atomic mass is 10.2. The van der Waals surface area contributed by atoms with Gasteiger partial charge in [-0.15, -0.1) is 0 Å². The molecule has 0 N–H and O–H groups in total. The molecule has 0 saturated carbocycles. The second-order valence-corrected chi connectivity index (χ2v) is 9.43. The van der Waals surface area contributed by atoms with Gasteiger partial charge in [0.05, 0.1) is 18.9 Å². The first-order chi connectivity index (χ1) is 15.5. The zero-order valence-corrected chi connectivity index (χ0v) is 19.6. The molecular formula is C23H23N3O4S2. The van der Waals surface area contributed by atoms with Gasteiger partial charge < -0.3 is 14.4 Å². The maximum atomic E-state index is 12.8. The Labute approximate surface area is 195 Å². The van der Waals surface area contributed by atoms with E-state index in [1.54, 1.807) is 18.9 Å². The number of benzene rings is 2. The molecule has 1 spiro atoms. The minimum absolute atomic E-state index is 0.224. The van der Waals surface area contributed by atoms with Crippen LogP contribution in [0.2, 0.25) is 0 Å². The lowest BCUT2D eigenvalue weighted by Gasteiger charge is -2.41. The number of carbonyl (C=O) groups excluding carboxylic acids is 2. The predicted octanol–water partition coefficient (Wildman–Crippen LogP) is 4.78. The van der Waals surface area contributed by atoms with Gasteiger partial charge in [-0.2, -0.15) is 5.10 Å². The van der Waals surface area contributed by atoms with Crippen molar-refractivity contribution in [3.05, 3.63) is 71.3 Å². The summed E-state index contributed by atoms with van der Waals surface area (Å²) in [7, 11) is 0. The molecule has 2 aliphatic rings. The van der Waals surface area contributed by atoms with E-state index in [1.807, 2.05) is 72.5 Å². The summed E-state index contributed by atoms with van der Waals surface area (Å²) in [5.74, 6) is -0.892.